The SMILES string of the molecule is CCCCCCCCCCCCCCC(C(=O)O)([N+](C)(C)C)S(=O)(=O)O. The molecule has 1 atom stereocenters. The van der Waals surface area contributed by atoms with Crippen LogP contribution in [0.5, 0.6) is 0 Å². The highest BCUT2D eigenvalue weighted by Gasteiger charge is 2.61. The van der Waals surface area contributed by atoms with E-state index in [0.29, 0.717) is 6.42 Å². The molecular weight excluding hydrogens is 354 g/mol. The average Bonchev–Trinajstić information content (AvgIpc) is 2.49. The number of likely N-dealkylation sites (N-methyl/N-ethyl adjacent to an activating group) is 1. The number of nitrogens with zero attached hydrogens (tertiary/aromatic N) is 1. The van der Waals surface area contributed by atoms with Gasteiger partial charge in [-0.25, -0.2) is 4.79 Å². The molecule has 7 heteroatoms. The first-order valence-corrected chi connectivity index (χ1v) is 11.5. The van der Waals surface area contributed by atoms with Crippen molar-refractivity contribution in [3.63, 3.8) is 0 Å². The molecule has 0 aliphatic heterocycles. The molecule has 0 saturated carbocycles. The van der Waals surface area contributed by atoms with Crippen molar-refractivity contribution in [2.45, 2.75) is 95.3 Å². The summed E-state index contributed by atoms with van der Waals surface area (Å²) in [7, 11) is -0.260. The maximum atomic E-state index is 11.8. The highest BCUT2D eigenvalue weighted by atomic mass is 32.2. The van der Waals surface area contributed by atoms with Crippen LogP contribution in [0.1, 0.15) is 90.4 Å². The van der Waals surface area contributed by atoms with Crippen molar-refractivity contribution in [2.75, 3.05) is 21.1 Å². The van der Waals surface area contributed by atoms with Gasteiger partial charge in [0.25, 0.3) is 0 Å². The third-order valence-electron chi connectivity index (χ3n) is 5.21. The molecule has 0 aromatic heterocycles. The van der Waals surface area contributed by atoms with Crippen molar-refractivity contribution in [2.24, 2.45) is 0 Å². The van der Waals surface area contributed by atoms with Gasteiger partial charge in [0.15, 0.2) is 0 Å². The van der Waals surface area contributed by atoms with Crippen molar-refractivity contribution in [3.05, 3.63) is 0 Å². The Morgan fingerprint density at radius 2 is 1.15 bits per heavy atom. The lowest BCUT2D eigenvalue weighted by molar-refractivity contribution is -0.899. The number of hydrogen-bond acceptors (Lipinski definition) is 3. The van der Waals surface area contributed by atoms with E-state index in [-0.39, 0.29) is 10.9 Å². The molecule has 26 heavy (non-hydrogen) atoms. The number of unbranched alkanes of at least 4 members (excludes halogenated alkanes) is 11. The molecule has 0 aromatic carbocycles. The fraction of sp³-hybridized carbons (Fsp3) is 0.947. The Morgan fingerprint density at radius 3 is 1.42 bits per heavy atom. The van der Waals surface area contributed by atoms with Gasteiger partial charge in [0.05, 0.1) is 21.1 Å². The Hall–Kier alpha value is -0.660. The monoisotopic (exact) mass is 394 g/mol. The molecule has 0 amide bonds. The molecule has 0 aliphatic rings. The smallest absolute Gasteiger partial charge is 0.384 e. The maximum Gasteiger partial charge on any atom is 0.384 e. The quantitative estimate of drug-likeness (QED) is 0.229. The number of rotatable bonds is 16. The molecule has 0 fully saturated rings. The summed E-state index contributed by atoms with van der Waals surface area (Å²) in [6.45, 7) is 2.22. The van der Waals surface area contributed by atoms with E-state index in [1.54, 1.807) is 0 Å². The summed E-state index contributed by atoms with van der Waals surface area (Å²) in [5.41, 5.74) is 0. The Kier molecular flexibility index (Phi) is 11.6. The number of aliphatic carboxylic acids is 1. The number of carboxylic acids is 1. The molecule has 156 valence electrons. The maximum absolute atomic E-state index is 11.8. The van der Waals surface area contributed by atoms with Crippen molar-refractivity contribution >= 4 is 16.1 Å². The van der Waals surface area contributed by atoms with Gasteiger partial charge in [-0.2, -0.15) is 8.42 Å². The normalized spacial score (nSPS) is 15.0. The molecule has 0 bridgehead atoms. The molecule has 0 saturated heterocycles. The average molecular weight is 395 g/mol. The van der Waals surface area contributed by atoms with Gasteiger partial charge in [0.1, 0.15) is 0 Å². The number of carboxylic acid groups (broad SMARTS) is 1. The van der Waals surface area contributed by atoms with Gasteiger partial charge < -0.3 is 9.59 Å². The van der Waals surface area contributed by atoms with Crippen LogP contribution >= 0.6 is 0 Å². The Labute approximate surface area is 160 Å². The predicted molar refractivity (Wildman–Crippen MR) is 106 cm³/mol. The van der Waals surface area contributed by atoms with Gasteiger partial charge in [0, 0.05) is 6.42 Å². The van der Waals surface area contributed by atoms with Crippen molar-refractivity contribution < 1.29 is 27.4 Å². The van der Waals surface area contributed by atoms with Gasteiger partial charge in [-0.1, -0.05) is 77.6 Å². The second kappa shape index (κ2) is 11.9. The molecule has 0 rings (SSSR count). The van der Waals surface area contributed by atoms with Crippen LogP contribution in [0.15, 0.2) is 0 Å². The standard InChI is InChI=1S/C19H39NO5S/c1-5-6-7-8-9-10-11-12-13-14-15-16-17-19(18(21)22,20(2,3)4)26(23,24)25/h5-17H2,1-4H3,(H-,21,22,23,24,25)/p+1. The van der Waals surface area contributed by atoms with Crippen LogP contribution in [0, 0.1) is 0 Å². The van der Waals surface area contributed by atoms with E-state index in [4.69, 9.17) is 0 Å². The second-order valence-electron chi connectivity index (χ2n) is 8.22. The Bertz CT molecular complexity index is 499. The van der Waals surface area contributed by atoms with Gasteiger partial charge in [-0.15, -0.1) is 0 Å². The highest BCUT2D eigenvalue weighted by Crippen LogP contribution is 2.32. The van der Waals surface area contributed by atoms with Crippen LogP contribution in [-0.4, -0.2) is 54.5 Å². The first kappa shape index (κ1) is 25.3. The highest BCUT2D eigenvalue weighted by molar-refractivity contribution is 7.87. The minimum Gasteiger partial charge on any atom is -0.476 e. The zero-order valence-electron chi connectivity index (χ0n) is 17.2. The molecule has 0 spiro atoms. The zero-order chi connectivity index (χ0) is 20.3. The van der Waals surface area contributed by atoms with Crippen molar-refractivity contribution in [1.29, 1.82) is 0 Å². The van der Waals surface area contributed by atoms with E-state index in [1.807, 2.05) is 0 Å². The van der Waals surface area contributed by atoms with E-state index < -0.39 is 21.0 Å². The van der Waals surface area contributed by atoms with E-state index >= 15 is 0 Å². The lowest BCUT2D eigenvalue weighted by Crippen LogP contribution is -2.66. The molecule has 2 N–H and O–H groups in total. The third-order valence-corrected chi connectivity index (χ3v) is 6.99. The first-order valence-electron chi connectivity index (χ1n) is 10.0. The summed E-state index contributed by atoms with van der Waals surface area (Å²) >= 11 is 0. The number of quaternary nitrogens is 1. The van der Waals surface area contributed by atoms with Gasteiger partial charge >= 0.3 is 21.0 Å². The number of hydrogen-bond donors (Lipinski definition) is 2. The minimum absolute atomic E-state index is 0.0813. The van der Waals surface area contributed by atoms with Gasteiger partial charge in [-0.05, 0) is 6.42 Å². The summed E-state index contributed by atoms with van der Waals surface area (Å²) in [6, 6.07) is 0. The fourth-order valence-electron chi connectivity index (χ4n) is 3.52. The van der Waals surface area contributed by atoms with Gasteiger partial charge in [-0.3, -0.25) is 4.55 Å². The van der Waals surface area contributed by atoms with Crippen LogP contribution < -0.4 is 0 Å². The predicted octanol–water partition coefficient (Wildman–Crippen LogP) is 4.45. The van der Waals surface area contributed by atoms with Gasteiger partial charge in [0.2, 0.25) is 0 Å². The summed E-state index contributed by atoms with van der Waals surface area (Å²) in [4.78, 5) is 9.49. The number of carbonyl (C=O) groups is 1. The summed E-state index contributed by atoms with van der Waals surface area (Å²) in [5.74, 6) is -1.49. The first-order chi connectivity index (χ1) is 12.0. The van der Waals surface area contributed by atoms with Crippen molar-refractivity contribution in [1.82, 2.24) is 0 Å². The molecule has 0 aliphatic carbocycles. The molecule has 0 radical (unpaired) electrons. The topological polar surface area (TPSA) is 91.7 Å². The van der Waals surface area contributed by atoms with Crippen LogP contribution in [0.3, 0.4) is 0 Å². The molecule has 0 aromatic rings. The molecule has 1 unspecified atom stereocenters. The van der Waals surface area contributed by atoms with Crippen LogP contribution in [0.2, 0.25) is 0 Å². The molecular formula is C19H40NO5S+. The second-order valence-corrected chi connectivity index (χ2v) is 9.84. The fourth-order valence-corrected chi connectivity index (χ4v) is 4.84. The molecule has 0 heterocycles. The summed E-state index contributed by atoms with van der Waals surface area (Å²) in [6.07, 6.45) is 13.5. The minimum atomic E-state index is -4.73. The largest absolute Gasteiger partial charge is 0.476 e. The Morgan fingerprint density at radius 1 is 0.808 bits per heavy atom. The van der Waals surface area contributed by atoms with Crippen molar-refractivity contribution in [3.8, 4) is 0 Å². The Balaban J connectivity index is 4.15. The van der Waals surface area contributed by atoms with Crippen LogP contribution in [0.4, 0.5) is 0 Å². The summed E-state index contributed by atoms with van der Waals surface area (Å²) in [5, 5.41) is 9.52. The van der Waals surface area contributed by atoms with E-state index in [0.717, 1.165) is 19.3 Å². The van der Waals surface area contributed by atoms with Crippen LogP contribution in [0.25, 0.3) is 0 Å². The molecule has 6 nitrogen and oxygen atoms in total. The third kappa shape index (κ3) is 7.92. The lowest BCUT2D eigenvalue weighted by Gasteiger charge is -2.40. The summed E-state index contributed by atoms with van der Waals surface area (Å²) < 4.78 is 32.9. The van der Waals surface area contributed by atoms with E-state index in [2.05, 4.69) is 6.92 Å². The zero-order valence-corrected chi connectivity index (χ0v) is 18.0. The lowest BCUT2D eigenvalue weighted by atomic mass is 10.0. The van der Waals surface area contributed by atoms with E-state index in [9.17, 15) is 22.9 Å². The van der Waals surface area contributed by atoms with E-state index in [1.165, 1.54) is 72.5 Å². The van der Waals surface area contributed by atoms with Crippen LogP contribution in [-0.2, 0) is 14.9 Å².